The fraction of sp³-hybridized carbons (Fsp3) is 0.469. The quantitative estimate of drug-likeness (QED) is 0.186. The zero-order valence-electron chi connectivity index (χ0n) is 26.5. The summed E-state index contributed by atoms with van der Waals surface area (Å²) in [5.41, 5.74) is 0.780. The van der Waals surface area contributed by atoms with Gasteiger partial charge in [-0.25, -0.2) is 18.4 Å². The van der Waals surface area contributed by atoms with Crippen LogP contribution in [0.3, 0.4) is 0 Å². The molecule has 4 aromatic rings. The molecule has 6 rings (SSSR count). The van der Waals surface area contributed by atoms with Gasteiger partial charge in [0.05, 0.1) is 48.8 Å². The first-order valence-corrected chi connectivity index (χ1v) is 15.5. The molecular weight excluding hydrogens is 620 g/mol. The van der Waals surface area contributed by atoms with E-state index in [-0.39, 0.29) is 54.1 Å². The van der Waals surface area contributed by atoms with Crippen molar-refractivity contribution in [1.29, 1.82) is 0 Å². The van der Waals surface area contributed by atoms with E-state index in [9.17, 15) is 23.1 Å². The van der Waals surface area contributed by atoms with Crippen molar-refractivity contribution in [2.24, 2.45) is 0 Å². The van der Waals surface area contributed by atoms with Crippen LogP contribution in [0.1, 0.15) is 56.8 Å². The predicted molar refractivity (Wildman–Crippen MR) is 166 cm³/mol. The van der Waals surface area contributed by atoms with Gasteiger partial charge in [0.15, 0.2) is 11.8 Å². The molecule has 2 aliphatic rings. The van der Waals surface area contributed by atoms with E-state index in [2.05, 4.69) is 31.8 Å². The number of aromatic nitrogens is 6. The first-order chi connectivity index (χ1) is 22.6. The Bertz CT molecular complexity index is 1700. The number of hydrogen-bond acceptors (Lipinski definition) is 8. The molecule has 0 bridgehead atoms. The number of rotatable bonds is 10. The lowest BCUT2D eigenvalue weighted by molar-refractivity contribution is -0.141. The molecule has 11 nitrogen and oxygen atoms in total. The van der Waals surface area contributed by atoms with Crippen LogP contribution in [0.4, 0.5) is 17.6 Å². The van der Waals surface area contributed by atoms with E-state index < -0.39 is 30.7 Å². The second kappa shape index (κ2) is 14.2. The van der Waals surface area contributed by atoms with E-state index in [1.807, 2.05) is 25.5 Å². The van der Waals surface area contributed by atoms with Crippen molar-refractivity contribution in [3.8, 4) is 17.0 Å². The number of amides is 1. The number of benzene rings is 1. The Morgan fingerprint density at radius 1 is 1.19 bits per heavy atom. The van der Waals surface area contributed by atoms with E-state index >= 15 is 4.39 Å². The molecule has 1 N–H and O–H groups in total. The molecular formula is C32H38F4N8O3. The molecule has 0 spiro atoms. The summed E-state index contributed by atoms with van der Waals surface area (Å²) in [4.78, 5) is 23.3. The van der Waals surface area contributed by atoms with Crippen molar-refractivity contribution in [3.05, 3.63) is 66.6 Å². The van der Waals surface area contributed by atoms with Crippen LogP contribution in [0.25, 0.3) is 22.3 Å². The van der Waals surface area contributed by atoms with Crippen LogP contribution in [-0.4, -0.2) is 95.3 Å². The Morgan fingerprint density at radius 3 is 2.53 bits per heavy atom. The number of carbonyl (C=O) groups is 1. The maximum absolute atomic E-state index is 15.1. The van der Waals surface area contributed by atoms with E-state index in [0.717, 1.165) is 18.2 Å². The Morgan fingerprint density at radius 2 is 1.91 bits per heavy atom. The van der Waals surface area contributed by atoms with Gasteiger partial charge < -0.3 is 14.7 Å². The van der Waals surface area contributed by atoms with Crippen LogP contribution in [0.2, 0.25) is 0 Å². The number of alkyl halides is 3. The summed E-state index contributed by atoms with van der Waals surface area (Å²) in [5, 5.41) is 18.8. The fourth-order valence-corrected chi connectivity index (χ4v) is 6.13. The lowest BCUT2D eigenvalue weighted by Gasteiger charge is -2.47. The summed E-state index contributed by atoms with van der Waals surface area (Å²) in [6.07, 6.45) is 3.54. The summed E-state index contributed by atoms with van der Waals surface area (Å²) < 4.78 is 64.9. The molecule has 2 saturated heterocycles. The summed E-state index contributed by atoms with van der Waals surface area (Å²) >= 11 is 0. The lowest BCUT2D eigenvalue weighted by Crippen LogP contribution is -2.65. The highest BCUT2D eigenvalue weighted by Gasteiger charge is 2.46. The van der Waals surface area contributed by atoms with Gasteiger partial charge in [0.2, 0.25) is 5.91 Å². The first kappa shape index (κ1) is 34.0. The highest BCUT2D eigenvalue weighted by molar-refractivity contribution is 5.88. The molecule has 3 aromatic heterocycles. The van der Waals surface area contributed by atoms with E-state index in [1.165, 1.54) is 23.1 Å². The van der Waals surface area contributed by atoms with E-state index in [0.29, 0.717) is 41.8 Å². The highest BCUT2D eigenvalue weighted by atomic mass is 19.3. The minimum absolute atomic E-state index is 0.0113. The zero-order chi connectivity index (χ0) is 33.9. The number of aliphatic hydroxyl groups is 1. The number of piperidine rings is 1. The molecule has 47 heavy (non-hydrogen) atoms. The maximum Gasteiger partial charge on any atom is 0.320 e. The first-order valence-electron chi connectivity index (χ1n) is 15.5. The lowest BCUT2D eigenvalue weighted by atomic mass is 9.93. The minimum Gasteiger partial charge on any atom is -0.479 e. The van der Waals surface area contributed by atoms with Gasteiger partial charge in [-0.15, -0.1) is 5.10 Å². The molecule has 15 heteroatoms. The summed E-state index contributed by atoms with van der Waals surface area (Å²) in [7, 11) is 0. The monoisotopic (exact) mass is 658 g/mol. The number of likely N-dealkylation sites (tertiary alicyclic amines) is 2. The van der Waals surface area contributed by atoms with Gasteiger partial charge in [0.25, 0.3) is 0 Å². The molecule has 0 radical (unpaired) electrons. The van der Waals surface area contributed by atoms with Crippen LogP contribution in [0.5, 0.6) is 5.75 Å². The van der Waals surface area contributed by atoms with Gasteiger partial charge in [-0.3, -0.25) is 19.2 Å². The zero-order valence-corrected chi connectivity index (χ0v) is 26.5. The van der Waals surface area contributed by atoms with Crippen LogP contribution >= 0.6 is 0 Å². The number of carbonyl (C=O) groups excluding carboxylic acids is 1. The number of aliphatic hydroxyl groups excluding tert-OH is 1. The number of fused-ring (bicyclic) bond motifs is 1. The van der Waals surface area contributed by atoms with Crippen LogP contribution < -0.4 is 4.74 Å². The molecule has 2 fully saturated rings. The second-order valence-corrected chi connectivity index (χ2v) is 11.5. The average molecular weight is 659 g/mol. The van der Waals surface area contributed by atoms with Gasteiger partial charge in [0.1, 0.15) is 29.1 Å². The summed E-state index contributed by atoms with van der Waals surface area (Å²) in [6, 6.07) is 5.69. The van der Waals surface area contributed by atoms with Crippen LogP contribution in [0, 0.1) is 12.7 Å². The molecule has 5 heterocycles. The Balaban J connectivity index is 0.00000213. The third-order valence-electron chi connectivity index (χ3n) is 8.41. The Labute approximate surface area is 269 Å². The fourth-order valence-electron chi connectivity index (χ4n) is 6.13. The molecule has 252 valence electrons. The van der Waals surface area contributed by atoms with Gasteiger partial charge in [-0.2, -0.15) is 8.78 Å². The van der Waals surface area contributed by atoms with Gasteiger partial charge >= 0.3 is 6.55 Å². The molecule has 1 aromatic carbocycles. The van der Waals surface area contributed by atoms with Gasteiger partial charge in [-0.1, -0.05) is 25.6 Å². The number of halogens is 4. The molecule has 1 unspecified atom stereocenters. The second-order valence-electron chi connectivity index (χ2n) is 11.5. The maximum atomic E-state index is 15.1. The summed E-state index contributed by atoms with van der Waals surface area (Å²) in [5.74, 6) is -0.826. The molecule has 1 atom stereocenters. The largest absolute Gasteiger partial charge is 0.479 e. The van der Waals surface area contributed by atoms with Crippen molar-refractivity contribution in [2.75, 3.05) is 39.3 Å². The third-order valence-corrected chi connectivity index (χ3v) is 8.41. The Kier molecular flexibility index (Phi) is 10.2. The van der Waals surface area contributed by atoms with E-state index in [1.54, 1.807) is 12.1 Å². The Hall–Kier alpha value is -4.37. The van der Waals surface area contributed by atoms with E-state index in [4.69, 9.17) is 4.74 Å². The van der Waals surface area contributed by atoms with Crippen molar-refractivity contribution in [1.82, 2.24) is 39.3 Å². The van der Waals surface area contributed by atoms with Crippen LogP contribution in [-0.2, 0) is 4.79 Å². The summed E-state index contributed by atoms with van der Waals surface area (Å²) in [6.45, 7) is 7.53. The molecule has 0 aliphatic carbocycles. The minimum atomic E-state index is -2.90. The molecule has 2 aliphatic heterocycles. The van der Waals surface area contributed by atoms with Gasteiger partial charge in [0, 0.05) is 25.2 Å². The standard InChI is InChI=1S/C30H32F4N8O3.C2H6/c1-3-26(44)40-15-30(34,16-40)14-39-8-6-21(7-9-39)42-18(2)27(37-38-42)19-10-23-28(41(17-36-23)29(32)33)24(11-19)45-25(13-43)22-5-4-20(31)12-35-22;1-2/h3-5,10-12,17,21,25,29,43H,1,6-9,13-16H2,2H3;1-2H3. The average Bonchev–Trinajstić information content (AvgIpc) is 3.67. The normalized spacial score (nSPS) is 17.3. The van der Waals surface area contributed by atoms with Crippen molar-refractivity contribution >= 4 is 16.9 Å². The SMILES string of the molecule is C=CC(=O)N1CC(F)(CN2CCC(n3nnc(-c4cc(OC(CO)c5ccc(F)cn5)c5c(c4)ncn5C(F)F)c3C)CC2)C1.CC. The predicted octanol–water partition coefficient (Wildman–Crippen LogP) is 5.04. The van der Waals surface area contributed by atoms with Crippen molar-refractivity contribution in [2.45, 2.75) is 58.0 Å². The number of imidazole rings is 1. The number of nitrogens with zero attached hydrogens (tertiary/aromatic N) is 8. The smallest absolute Gasteiger partial charge is 0.320 e. The van der Waals surface area contributed by atoms with Gasteiger partial charge in [-0.05, 0) is 50.1 Å². The van der Waals surface area contributed by atoms with Crippen molar-refractivity contribution < 1.29 is 32.2 Å². The number of hydrogen-bond donors (Lipinski definition) is 1. The number of pyridine rings is 1. The highest BCUT2D eigenvalue weighted by Crippen LogP contribution is 2.37. The molecule has 0 saturated carbocycles. The topological polar surface area (TPSA) is 114 Å². The molecule has 1 amide bonds. The van der Waals surface area contributed by atoms with Crippen molar-refractivity contribution in [3.63, 3.8) is 0 Å². The van der Waals surface area contributed by atoms with Crippen LogP contribution in [0.15, 0.2) is 49.4 Å². The number of ether oxygens (including phenoxy) is 1. The third kappa shape index (κ3) is 7.00.